The number of halogens is 2. The quantitative estimate of drug-likeness (QED) is 0.639. The maximum atomic E-state index is 12.1. The fourth-order valence-electron chi connectivity index (χ4n) is 1.68. The Morgan fingerprint density at radius 1 is 1.24 bits per heavy atom. The van der Waals surface area contributed by atoms with Gasteiger partial charge in [-0.05, 0) is 42.0 Å². The van der Waals surface area contributed by atoms with Crippen LogP contribution in [0.1, 0.15) is 5.56 Å². The third-order valence-corrected chi connectivity index (χ3v) is 3.34. The minimum Gasteiger partial charge on any atom is -0.321 e. The van der Waals surface area contributed by atoms with Crippen LogP contribution in [0.3, 0.4) is 0 Å². The van der Waals surface area contributed by atoms with Crippen molar-refractivity contribution in [3.05, 3.63) is 69.2 Å². The van der Waals surface area contributed by atoms with Gasteiger partial charge in [0, 0.05) is 15.2 Å². The predicted octanol–water partition coefficient (Wildman–Crippen LogP) is 4.65. The van der Waals surface area contributed by atoms with Gasteiger partial charge >= 0.3 is 0 Å². The number of carbonyl (C=O) groups excluding carboxylic acids is 1. The second-order valence-electron chi connectivity index (χ2n) is 4.19. The lowest BCUT2D eigenvalue weighted by molar-refractivity contribution is -0.112. The van der Waals surface area contributed by atoms with E-state index in [1.807, 2.05) is 12.1 Å². The van der Waals surface area contributed by atoms with E-state index in [1.54, 1.807) is 42.5 Å². The molecule has 0 aliphatic heterocycles. The Kier molecular flexibility index (Phi) is 5.15. The van der Waals surface area contributed by atoms with E-state index in [4.69, 9.17) is 16.9 Å². The first-order valence-corrected chi connectivity index (χ1v) is 7.20. The summed E-state index contributed by atoms with van der Waals surface area (Å²) in [7, 11) is 0. The van der Waals surface area contributed by atoms with Crippen molar-refractivity contribution in [1.29, 1.82) is 5.26 Å². The number of anilines is 1. The van der Waals surface area contributed by atoms with Gasteiger partial charge in [-0.3, -0.25) is 4.79 Å². The highest BCUT2D eigenvalue weighted by Gasteiger charge is 2.09. The summed E-state index contributed by atoms with van der Waals surface area (Å²) in [6.07, 6.45) is 1.50. The van der Waals surface area contributed by atoms with E-state index >= 15 is 0 Å². The SMILES string of the molecule is N#CC(=Cc1cccc(Cl)c1)C(=O)Nc1cccc(Br)c1. The molecule has 0 atom stereocenters. The molecule has 2 aromatic carbocycles. The van der Waals surface area contributed by atoms with Crippen LogP contribution in [0.2, 0.25) is 5.02 Å². The molecule has 3 nitrogen and oxygen atoms in total. The first kappa shape index (κ1) is 15.3. The fourth-order valence-corrected chi connectivity index (χ4v) is 2.27. The van der Waals surface area contributed by atoms with E-state index in [-0.39, 0.29) is 5.57 Å². The van der Waals surface area contributed by atoms with E-state index in [0.717, 1.165) is 4.47 Å². The predicted molar refractivity (Wildman–Crippen MR) is 87.8 cm³/mol. The number of nitriles is 1. The normalized spacial score (nSPS) is 10.8. The monoisotopic (exact) mass is 360 g/mol. The van der Waals surface area contributed by atoms with Crippen LogP contribution in [0, 0.1) is 11.3 Å². The number of hydrogen-bond donors (Lipinski definition) is 1. The number of carbonyl (C=O) groups is 1. The van der Waals surface area contributed by atoms with Gasteiger partial charge in [-0.25, -0.2) is 0 Å². The van der Waals surface area contributed by atoms with Gasteiger partial charge in [0.25, 0.3) is 5.91 Å². The molecule has 0 unspecified atom stereocenters. The summed E-state index contributed by atoms with van der Waals surface area (Å²) in [5, 5.41) is 12.4. The number of nitrogens with zero attached hydrogens (tertiary/aromatic N) is 1. The van der Waals surface area contributed by atoms with Gasteiger partial charge in [-0.2, -0.15) is 5.26 Å². The zero-order chi connectivity index (χ0) is 15.2. The average Bonchev–Trinajstić information content (AvgIpc) is 2.44. The Balaban J connectivity index is 2.21. The van der Waals surface area contributed by atoms with Crippen molar-refractivity contribution in [1.82, 2.24) is 0 Å². The lowest BCUT2D eigenvalue weighted by Crippen LogP contribution is -2.13. The van der Waals surface area contributed by atoms with Crippen LogP contribution in [0.15, 0.2) is 58.6 Å². The topological polar surface area (TPSA) is 52.9 Å². The average molecular weight is 362 g/mol. The lowest BCUT2D eigenvalue weighted by atomic mass is 10.1. The van der Waals surface area contributed by atoms with Crippen LogP contribution in [0.5, 0.6) is 0 Å². The zero-order valence-electron chi connectivity index (χ0n) is 10.8. The minimum absolute atomic E-state index is 0.0113. The van der Waals surface area contributed by atoms with Gasteiger partial charge in [0.05, 0.1) is 0 Å². The van der Waals surface area contributed by atoms with Gasteiger partial charge in [-0.1, -0.05) is 45.7 Å². The molecule has 0 saturated carbocycles. The molecule has 0 fully saturated rings. The Morgan fingerprint density at radius 3 is 2.67 bits per heavy atom. The summed E-state index contributed by atoms with van der Waals surface area (Å²) >= 11 is 9.20. The number of nitrogens with one attached hydrogen (secondary N) is 1. The van der Waals surface area contributed by atoms with Crippen molar-refractivity contribution in [2.75, 3.05) is 5.32 Å². The molecular formula is C16H10BrClN2O. The van der Waals surface area contributed by atoms with Crippen LogP contribution in [-0.2, 0) is 4.79 Å². The summed E-state index contributed by atoms with van der Waals surface area (Å²) < 4.78 is 0.845. The summed E-state index contributed by atoms with van der Waals surface area (Å²) in [4.78, 5) is 12.1. The van der Waals surface area contributed by atoms with Gasteiger partial charge < -0.3 is 5.32 Å². The molecule has 0 bridgehead atoms. The summed E-state index contributed by atoms with van der Waals surface area (Å²) in [6, 6.07) is 16.0. The summed E-state index contributed by atoms with van der Waals surface area (Å²) in [6.45, 7) is 0. The Hall–Kier alpha value is -2.09. The van der Waals surface area contributed by atoms with Crippen molar-refractivity contribution < 1.29 is 4.79 Å². The molecule has 1 N–H and O–H groups in total. The van der Waals surface area contributed by atoms with Gasteiger partial charge in [0.15, 0.2) is 0 Å². The molecule has 0 radical (unpaired) electrons. The maximum Gasteiger partial charge on any atom is 0.266 e. The van der Waals surface area contributed by atoms with Crippen molar-refractivity contribution >= 4 is 45.2 Å². The van der Waals surface area contributed by atoms with E-state index in [1.165, 1.54) is 6.08 Å². The highest BCUT2D eigenvalue weighted by Crippen LogP contribution is 2.17. The minimum atomic E-state index is -0.462. The van der Waals surface area contributed by atoms with Gasteiger partial charge in [0.2, 0.25) is 0 Å². The summed E-state index contributed by atoms with van der Waals surface area (Å²) in [5.74, 6) is -0.462. The molecule has 0 aromatic heterocycles. The first-order chi connectivity index (χ1) is 10.1. The van der Waals surface area contributed by atoms with Crippen LogP contribution >= 0.6 is 27.5 Å². The van der Waals surface area contributed by atoms with Crippen molar-refractivity contribution in [2.45, 2.75) is 0 Å². The number of benzene rings is 2. The maximum absolute atomic E-state index is 12.1. The number of rotatable bonds is 3. The molecule has 1 amide bonds. The molecule has 5 heteroatoms. The molecule has 0 aliphatic rings. The highest BCUT2D eigenvalue weighted by molar-refractivity contribution is 9.10. The van der Waals surface area contributed by atoms with Gasteiger partial charge in [-0.15, -0.1) is 0 Å². The fraction of sp³-hybridized carbons (Fsp3) is 0. The Morgan fingerprint density at radius 2 is 2.00 bits per heavy atom. The van der Waals surface area contributed by atoms with Crippen molar-refractivity contribution in [3.63, 3.8) is 0 Å². The van der Waals surface area contributed by atoms with E-state index < -0.39 is 5.91 Å². The zero-order valence-corrected chi connectivity index (χ0v) is 13.1. The molecule has 104 valence electrons. The molecule has 0 aliphatic carbocycles. The van der Waals surface area contributed by atoms with Crippen molar-refractivity contribution in [3.8, 4) is 6.07 Å². The van der Waals surface area contributed by atoms with Crippen molar-refractivity contribution in [2.24, 2.45) is 0 Å². The second-order valence-corrected chi connectivity index (χ2v) is 5.54. The number of hydrogen-bond acceptors (Lipinski definition) is 2. The Labute approximate surface area is 136 Å². The third kappa shape index (κ3) is 4.45. The highest BCUT2D eigenvalue weighted by atomic mass is 79.9. The van der Waals surface area contributed by atoms with E-state index in [2.05, 4.69) is 21.2 Å². The van der Waals surface area contributed by atoms with Gasteiger partial charge in [0.1, 0.15) is 11.6 Å². The van der Waals surface area contributed by atoms with E-state index in [9.17, 15) is 4.79 Å². The Bertz CT molecular complexity index is 750. The second kappa shape index (κ2) is 7.07. The summed E-state index contributed by atoms with van der Waals surface area (Å²) in [5.41, 5.74) is 1.32. The molecule has 0 heterocycles. The molecule has 0 spiro atoms. The molecule has 21 heavy (non-hydrogen) atoms. The lowest BCUT2D eigenvalue weighted by Gasteiger charge is -2.04. The van der Waals surface area contributed by atoms with Crippen LogP contribution < -0.4 is 5.32 Å². The largest absolute Gasteiger partial charge is 0.321 e. The molecule has 2 aromatic rings. The molecule has 2 rings (SSSR count). The van der Waals surface area contributed by atoms with Crippen LogP contribution in [0.4, 0.5) is 5.69 Å². The first-order valence-electron chi connectivity index (χ1n) is 6.03. The number of amides is 1. The van der Waals surface area contributed by atoms with Crippen LogP contribution in [0.25, 0.3) is 6.08 Å². The smallest absolute Gasteiger partial charge is 0.266 e. The molecular weight excluding hydrogens is 352 g/mol. The molecule has 0 saturated heterocycles. The van der Waals surface area contributed by atoms with Crippen LogP contribution in [-0.4, -0.2) is 5.91 Å². The standard InChI is InChI=1S/C16H10BrClN2O/c17-13-4-2-6-15(9-13)20-16(21)12(10-19)7-11-3-1-5-14(18)8-11/h1-9H,(H,20,21). The third-order valence-electron chi connectivity index (χ3n) is 2.61. The van der Waals surface area contributed by atoms with E-state index in [0.29, 0.717) is 16.3 Å².